The third-order valence-electron chi connectivity index (χ3n) is 6.06. The van der Waals surface area contributed by atoms with Gasteiger partial charge in [0, 0.05) is 34.6 Å². The van der Waals surface area contributed by atoms with Crippen LogP contribution in [0.5, 0.6) is 5.75 Å². The predicted octanol–water partition coefficient (Wildman–Crippen LogP) is 4.10. The number of anilines is 1. The highest BCUT2D eigenvalue weighted by molar-refractivity contribution is 6.62. The summed E-state index contributed by atoms with van der Waals surface area (Å²) in [5.74, 6) is 0.275. The molecule has 0 aliphatic carbocycles. The number of rotatable bonds is 7. The monoisotopic (exact) mass is 546 g/mol. The number of oxazole rings is 1. The molecule has 5 aromatic rings. The molecule has 5 rings (SSSR count). The summed E-state index contributed by atoms with van der Waals surface area (Å²) in [4.78, 5) is 32.6. The highest BCUT2D eigenvalue weighted by Gasteiger charge is 2.28. The molecule has 0 saturated heterocycles. The second-order valence-corrected chi connectivity index (χ2v) is 10.1. The fraction of sp³-hybridized carbons (Fsp3) is 0.214. The van der Waals surface area contributed by atoms with E-state index in [9.17, 15) is 9.59 Å². The van der Waals surface area contributed by atoms with E-state index in [0.29, 0.717) is 49.8 Å². The topological polar surface area (TPSA) is 90.5 Å². The van der Waals surface area contributed by atoms with Gasteiger partial charge in [0.2, 0.25) is 5.91 Å². The molecule has 0 spiro atoms. The number of hydrogen-bond donors (Lipinski definition) is 0. The number of carbonyl (C=O) groups excluding carboxylic acids is 1. The number of aryl methyl sites for hydroxylation is 1. The Kier molecular flexibility index (Phi) is 7.27. The fourth-order valence-electron chi connectivity index (χ4n) is 4.52. The van der Waals surface area contributed by atoms with Gasteiger partial charge in [0.25, 0.3) is 5.56 Å². The van der Waals surface area contributed by atoms with Crippen LogP contribution in [0, 0.1) is 6.92 Å². The van der Waals surface area contributed by atoms with Crippen molar-refractivity contribution in [2.45, 2.75) is 38.7 Å². The van der Waals surface area contributed by atoms with E-state index < -0.39 is 23.2 Å². The van der Waals surface area contributed by atoms with Gasteiger partial charge in [-0.1, -0.05) is 29.0 Å². The first kappa shape index (κ1) is 27.6. The standard InChI is InChI=1S/C28H22B3ClN4O4/c1-15(2)39-20-8-9-21-22(13-20)27(38)35(34-26(21)17-5-4-6-18(32)11-17)14-25(37)36(28(29,30)31)19-7-10-23-24(12-19)40-16(3)33-23/h4-13,15H,14H2,1-3H3. The summed E-state index contributed by atoms with van der Waals surface area (Å²) < 4.78 is 12.5. The number of amides is 1. The Morgan fingerprint density at radius 3 is 2.58 bits per heavy atom. The molecule has 40 heavy (non-hydrogen) atoms. The third-order valence-corrected chi connectivity index (χ3v) is 6.30. The zero-order valence-electron chi connectivity index (χ0n) is 22.1. The molecule has 0 saturated carbocycles. The minimum absolute atomic E-state index is 0.110. The van der Waals surface area contributed by atoms with Crippen LogP contribution >= 0.6 is 11.6 Å². The van der Waals surface area contributed by atoms with E-state index in [4.69, 9.17) is 44.3 Å². The highest BCUT2D eigenvalue weighted by atomic mass is 35.5. The number of benzene rings is 3. The molecule has 2 heterocycles. The van der Waals surface area contributed by atoms with Crippen LogP contribution in [0.25, 0.3) is 33.1 Å². The van der Waals surface area contributed by atoms with Gasteiger partial charge in [-0.2, -0.15) is 5.10 Å². The van der Waals surface area contributed by atoms with Gasteiger partial charge in [0.1, 0.15) is 17.8 Å². The summed E-state index contributed by atoms with van der Waals surface area (Å²) >= 11 is 6.26. The molecule has 12 heteroatoms. The van der Waals surface area contributed by atoms with Gasteiger partial charge in [-0.25, -0.2) is 9.67 Å². The predicted molar refractivity (Wildman–Crippen MR) is 158 cm³/mol. The second kappa shape index (κ2) is 10.5. The summed E-state index contributed by atoms with van der Waals surface area (Å²) in [6.07, 6.45) is -0.110. The van der Waals surface area contributed by atoms with Crippen molar-refractivity contribution in [1.82, 2.24) is 14.8 Å². The lowest BCUT2D eigenvalue weighted by atomic mass is 9.48. The van der Waals surface area contributed by atoms with Crippen molar-refractivity contribution in [3.63, 3.8) is 0 Å². The lowest BCUT2D eigenvalue weighted by Crippen LogP contribution is -2.55. The van der Waals surface area contributed by atoms with Gasteiger partial charge in [-0.15, -0.1) is 0 Å². The van der Waals surface area contributed by atoms with E-state index >= 15 is 0 Å². The summed E-state index contributed by atoms with van der Waals surface area (Å²) in [5.41, 5.74) is 1.86. The van der Waals surface area contributed by atoms with Gasteiger partial charge >= 0.3 is 0 Å². The Bertz CT molecular complexity index is 1810. The summed E-state index contributed by atoms with van der Waals surface area (Å²) in [7, 11) is 18.1. The summed E-state index contributed by atoms with van der Waals surface area (Å²) in [5, 5.41) is 3.82. The molecule has 0 unspecified atom stereocenters. The van der Waals surface area contributed by atoms with Crippen molar-refractivity contribution in [2.24, 2.45) is 0 Å². The van der Waals surface area contributed by atoms with Crippen LogP contribution in [-0.4, -0.2) is 55.6 Å². The smallest absolute Gasteiger partial charge is 0.275 e. The van der Waals surface area contributed by atoms with Crippen molar-refractivity contribution in [3.05, 3.63) is 81.9 Å². The molecule has 1 amide bonds. The highest BCUT2D eigenvalue weighted by Crippen LogP contribution is 2.30. The lowest BCUT2D eigenvalue weighted by molar-refractivity contribution is -0.119. The first-order valence-electron chi connectivity index (χ1n) is 12.4. The first-order valence-corrected chi connectivity index (χ1v) is 12.8. The van der Waals surface area contributed by atoms with E-state index in [-0.39, 0.29) is 11.8 Å². The lowest BCUT2D eigenvalue weighted by Gasteiger charge is -2.37. The van der Waals surface area contributed by atoms with Crippen LogP contribution in [0.4, 0.5) is 5.69 Å². The second-order valence-electron chi connectivity index (χ2n) is 9.70. The van der Waals surface area contributed by atoms with Crippen molar-refractivity contribution in [1.29, 1.82) is 0 Å². The number of carbonyl (C=O) groups is 1. The maximum Gasteiger partial charge on any atom is 0.275 e. The van der Waals surface area contributed by atoms with Crippen LogP contribution in [0.1, 0.15) is 19.7 Å². The summed E-state index contributed by atoms with van der Waals surface area (Å²) in [6.45, 7) is 4.96. The molecular formula is C28H22B3ClN4O4. The molecular weight excluding hydrogens is 524 g/mol. The van der Waals surface area contributed by atoms with Crippen LogP contribution in [0.15, 0.2) is 69.9 Å². The normalized spacial score (nSPS) is 11.8. The van der Waals surface area contributed by atoms with Gasteiger partial charge in [-0.05, 0) is 56.3 Å². The van der Waals surface area contributed by atoms with E-state index in [0.717, 1.165) is 9.58 Å². The minimum atomic E-state index is -2.10. The average molecular weight is 546 g/mol. The maximum absolute atomic E-state index is 13.7. The van der Waals surface area contributed by atoms with E-state index in [1.54, 1.807) is 61.5 Å². The molecule has 8 nitrogen and oxygen atoms in total. The Balaban J connectivity index is 1.63. The van der Waals surface area contributed by atoms with Crippen molar-refractivity contribution >= 4 is 68.6 Å². The molecule has 194 valence electrons. The number of hydrogen-bond acceptors (Lipinski definition) is 6. The number of halogens is 1. The van der Waals surface area contributed by atoms with E-state index in [1.807, 2.05) is 19.9 Å². The van der Waals surface area contributed by atoms with Crippen molar-refractivity contribution in [3.8, 4) is 17.0 Å². The van der Waals surface area contributed by atoms with Crippen molar-refractivity contribution < 1.29 is 13.9 Å². The van der Waals surface area contributed by atoms with Crippen LogP contribution < -0.4 is 15.2 Å². The quantitative estimate of drug-likeness (QED) is 0.286. The Hall–Kier alpha value is -3.98. The van der Waals surface area contributed by atoms with Crippen molar-refractivity contribution in [2.75, 3.05) is 4.90 Å². The Morgan fingerprint density at radius 1 is 1.10 bits per heavy atom. The van der Waals surface area contributed by atoms with Crippen LogP contribution in [0.2, 0.25) is 5.02 Å². The molecule has 0 aliphatic rings. The molecule has 0 aliphatic heterocycles. The van der Waals surface area contributed by atoms with E-state index in [2.05, 4.69) is 10.1 Å². The minimum Gasteiger partial charge on any atom is -0.491 e. The largest absolute Gasteiger partial charge is 0.491 e. The van der Waals surface area contributed by atoms with Gasteiger partial charge in [-0.3, -0.25) is 9.59 Å². The Labute approximate surface area is 239 Å². The molecule has 3 aromatic carbocycles. The Morgan fingerprint density at radius 2 is 1.88 bits per heavy atom. The van der Waals surface area contributed by atoms with Gasteiger partial charge in [0.05, 0.1) is 40.7 Å². The zero-order chi connectivity index (χ0) is 28.8. The van der Waals surface area contributed by atoms with Crippen LogP contribution in [-0.2, 0) is 11.3 Å². The number of ether oxygens (including phenoxy) is 1. The fourth-order valence-corrected chi connectivity index (χ4v) is 4.71. The van der Waals surface area contributed by atoms with Gasteiger partial charge < -0.3 is 14.1 Å². The average Bonchev–Trinajstić information content (AvgIpc) is 3.24. The SMILES string of the molecule is [B]C([B])([B])N(C(=O)Cn1nc(-c2cccc(Cl)c2)c2ccc(OC(C)C)cc2c1=O)c1ccc2nc(C)oc2c1. The molecule has 0 bridgehead atoms. The number of fused-ring (bicyclic) bond motifs is 2. The first-order chi connectivity index (χ1) is 18.9. The van der Waals surface area contributed by atoms with Crippen LogP contribution in [0.3, 0.4) is 0 Å². The number of nitrogens with zero attached hydrogens (tertiary/aromatic N) is 4. The molecule has 0 N–H and O–H groups in total. The zero-order valence-corrected chi connectivity index (χ0v) is 22.8. The summed E-state index contributed by atoms with van der Waals surface area (Å²) in [6, 6.07) is 17.0. The molecule has 0 fully saturated rings. The molecule has 0 atom stereocenters. The van der Waals surface area contributed by atoms with E-state index in [1.165, 1.54) is 0 Å². The number of aromatic nitrogens is 3. The maximum atomic E-state index is 13.7. The molecule has 2 aromatic heterocycles. The third kappa shape index (κ3) is 5.52. The molecule has 6 radical (unpaired) electrons. The van der Waals surface area contributed by atoms with Gasteiger partial charge in [0.15, 0.2) is 11.5 Å².